The Labute approximate surface area is 107 Å². The molecule has 3 nitrogen and oxygen atoms in total. The molecule has 2 rings (SSSR count). The highest BCUT2D eigenvalue weighted by molar-refractivity contribution is 5.21. The van der Waals surface area contributed by atoms with Crippen LogP contribution in [0.4, 0.5) is 0 Å². The topological polar surface area (TPSA) is 34.0 Å². The minimum absolute atomic E-state index is 0.0508. The number of nitrogens with zero attached hydrogens (tertiary/aromatic N) is 1. The fraction of sp³-hybridized carbons (Fsp3) is 0.267. The quantitative estimate of drug-likeness (QED) is 0.813. The van der Waals surface area contributed by atoms with E-state index in [9.17, 15) is 4.79 Å². The number of hydrogen-bond acceptors (Lipinski definition) is 2. The highest BCUT2D eigenvalue weighted by atomic mass is 16.1. The Hall–Kier alpha value is -1.87. The first-order chi connectivity index (χ1) is 8.75. The molecule has 0 bridgehead atoms. The maximum Gasteiger partial charge on any atom is 0.250 e. The summed E-state index contributed by atoms with van der Waals surface area (Å²) in [6.45, 7) is 4.42. The van der Waals surface area contributed by atoms with Crippen LogP contribution in [0.25, 0.3) is 0 Å². The summed E-state index contributed by atoms with van der Waals surface area (Å²) in [6.07, 6.45) is 1.82. The van der Waals surface area contributed by atoms with Crippen molar-refractivity contribution in [1.29, 1.82) is 0 Å². The Kier molecular flexibility index (Phi) is 4.31. The van der Waals surface area contributed by atoms with Crippen LogP contribution in [0, 0.1) is 6.92 Å². The van der Waals surface area contributed by atoms with E-state index in [0.29, 0.717) is 6.54 Å². The van der Waals surface area contributed by atoms with Gasteiger partial charge in [-0.25, -0.2) is 0 Å². The smallest absolute Gasteiger partial charge is 0.250 e. The summed E-state index contributed by atoms with van der Waals surface area (Å²) >= 11 is 0. The van der Waals surface area contributed by atoms with E-state index in [1.165, 1.54) is 11.1 Å². The largest absolute Gasteiger partial charge is 0.314 e. The fourth-order valence-corrected chi connectivity index (χ4v) is 1.90. The molecule has 0 saturated heterocycles. The van der Waals surface area contributed by atoms with E-state index in [0.717, 1.165) is 13.1 Å². The van der Waals surface area contributed by atoms with Gasteiger partial charge in [0.1, 0.15) is 0 Å². The third-order valence-corrected chi connectivity index (χ3v) is 2.84. The van der Waals surface area contributed by atoms with Crippen LogP contribution in [0.15, 0.2) is 53.5 Å². The zero-order valence-electron chi connectivity index (χ0n) is 10.6. The van der Waals surface area contributed by atoms with E-state index in [1.54, 1.807) is 16.7 Å². The summed E-state index contributed by atoms with van der Waals surface area (Å²) in [6, 6.07) is 13.7. The van der Waals surface area contributed by atoms with Crippen LogP contribution in [0.5, 0.6) is 0 Å². The molecule has 0 fully saturated rings. The van der Waals surface area contributed by atoms with E-state index in [-0.39, 0.29) is 5.56 Å². The number of aromatic nitrogens is 1. The summed E-state index contributed by atoms with van der Waals surface area (Å²) in [5.74, 6) is 0. The molecular weight excluding hydrogens is 224 g/mol. The number of nitrogens with one attached hydrogen (secondary N) is 1. The average Bonchev–Trinajstić information content (AvgIpc) is 2.37. The molecule has 0 saturated carbocycles. The summed E-state index contributed by atoms with van der Waals surface area (Å²) in [5, 5.41) is 3.34. The molecule has 0 unspecified atom stereocenters. The number of benzene rings is 1. The molecule has 1 heterocycles. The second-order valence-corrected chi connectivity index (χ2v) is 4.40. The molecule has 0 spiro atoms. The van der Waals surface area contributed by atoms with Gasteiger partial charge in [-0.2, -0.15) is 0 Å². The maximum atomic E-state index is 11.5. The standard InChI is InChI=1S/C15H18N2O/c1-13-5-4-6-14(11-13)12-16-8-10-17-9-3-2-7-15(17)18/h2-7,9,11,16H,8,10,12H2,1H3. The fourth-order valence-electron chi connectivity index (χ4n) is 1.90. The Morgan fingerprint density at radius 3 is 2.83 bits per heavy atom. The van der Waals surface area contributed by atoms with Crippen LogP contribution in [0.2, 0.25) is 0 Å². The molecule has 0 aliphatic rings. The van der Waals surface area contributed by atoms with Crippen molar-refractivity contribution in [3.05, 3.63) is 70.1 Å². The van der Waals surface area contributed by atoms with Crippen LogP contribution in [-0.2, 0) is 13.1 Å². The van der Waals surface area contributed by atoms with Crippen LogP contribution < -0.4 is 10.9 Å². The monoisotopic (exact) mass is 242 g/mol. The predicted octanol–water partition coefficient (Wildman–Crippen LogP) is 1.95. The molecule has 94 valence electrons. The van der Waals surface area contributed by atoms with Crippen molar-refractivity contribution in [1.82, 2.24) is 9.88 Å². The summed E-state index contributed by atoms with van der Waals surface area (Å²) < 4.78 is 1.71. The van der Waals surface area contributed by atoms with E-state index in [2.05, 4.69) is 36.5 Å². The van der Waals surface area contributed by atoms with Crippen molar-refractivity contribution in [2.24, 2.45) is 0 Å². The molecule has 0 atom stereocenters. The predicted molar refractivity (Wildman–Crippen MR) is 73.6 cm³/mol. The highest BCUT2D eigenvalue weighted by Gasteiger charge is 1.95. The van der Waals surface area contributed by atoms with E-state index in [4.69, 9.17) is 0 Å². The Bertz CT molecular complexity index is 560. The van der Waals surface area contributed by atoms with Gasteiger partial charge in [-0.1, -0.05) is 35.9 Å². The van der Waals surface area contributed by atoms with Gasteiger partial charge in [0.15, 0.2) is 0 Å². The third-order valence-electron chi connectivity index (χ3n) is 2.84. The number of hydrogen-bond donors (Lipinski definition) is 1. The van der Waals surface area contributed by atoms with Gasteiger partial charge in [0.05, 0.1) is 0 Å². The van der Waals surface area contributed by atoms with Gasteiger partial charge in [0.2, 0.25) is 0 Å². The van der Waals surface area contributed by atoms with Gasteiger partial charge in [0.25, 0.3) is 5.56 Å². The van der Waals surface area contributed by atoms with Crippen LogP contribution >= 0.6 is 0 Å². The Morgan fingerprint density at radius 2 is 2.06 bits per heavy atom. The molecule has 3 heteroatoms. The normalized spacial score (nSPS) is 10.5. The SMILES string of the molecule is Cc1cccc(CNCCn2ccccc2=O)c1. The molecule has 0 aliphatic carbocycles. The molecule has 1 N–H and O–H groups in total. The highest BCUT2D eigenvalue weighted by Crippen LogP contribution is 2.02. The average molecular weight is 242 g/mol. The molecule has 18 heavy (non-hydrogen) atoms. The first-order valence-corrected chi connectivity index (χ1v) is 6.17. The van der Waals surface area contributed by atoms with E-state index >= 15 is 0 Å². The molecule has 1 aromatic heterocycles. The number of aryl methyl sites for hydroxylation is 1. The van der Waals surface area contributed by atoms with Crippen LogP contribution in [-0.4, -0.2) is 11.1 Å². The molecule has 0 amide bonds. The number of rotatable bonds is 5. The lowest BCUT2D eigenvalue weighted by atomic mass is 10.1. The van der Waals surface area contributed by atoms with Crippen molar-refractivity contribution in [3.63, 3.8) is 0 Å². The molecule has 1 aromatic carbocycles. The van der Waals surface area contributed by atoms with Crippen LogP contribution in [0.1, 0.15) is 11.1 Å². The first-order valence-electron chi connectivity index (χ1n) is 6.17. The van der Waals surface area contributed by atoms with Crippen molar-refractivity contribution < 1.29 is 0 Å². The number of pyridine rings is 1. The maximum absolute atomic E-state index is 11.5. The van der Waals surface area contributed by atoms with Crippen molar-refractivity contribution >= 4 is 0 Å². The van der Waals surface area contributed by atoms with E-state index in [1.807, 2.05) is 12.3 Å². The second-order valence-electron chi connectivity index (χ2n) is 4.40. The molecule has 0 radical (unpaired) electrons. The zero-order chi connectivity index (χ0) is 12.8. The van der Waals surface area contributed by atoms with Crippen molar-refractivity contribution in [2.75, 3.05) is 6.54 Å². The lowest BCUT2D eigenvalue weighted by Gasteiger charge is -2.07. The zero-order valence-corrected chi connectivity index (χ0v) is 10.6. The Morgan fingerprint density at radius 1 is 1.17 bits per heavy atom. The summed E-state index contributed by atoms with van der Waals surface area (Å²) in [7, 11) is 0. The Balaban J connectivity index is 1.80. The summed E-state index contributed by atoms with van der Waals surface area (Å²) in [5.41, 5.74) is 2.60. The lowest BCUT2D eigenvalue weighted by Crippen LogP contribution is -2.25. The van der Waals surface area contributed by atoms with Gasteiger partial charge >= 0.3 is 0 Å². The minimum atomic E-state index is 0.0508. The van der Waals surface area contributed by atoms with Crippen molar-refractivity contribution in [2.45, 2.75) is 20.0 Å². The molecular formula is C15H18N2O. The summed E-state index contributed by atoms with van der Waals surface area (Å²) in [4.78, 5) is 11.5. The van der Waals surface area contributed by atoms with Gasteiger partial charge in [-0.3, -0.25) is 4.79 Å². The lowest BCUT2D eigenvalue weighted by molar-refractivity contribution is 0.585. The van der Waals surface area contributed by atoms with Gasteiger partial charge < -0.3 is 9.88 Å². The van der Waals surface area contributed by atoms with Gasteiger partial charge in [0, 0.05) is 31.9 Å². The van der Waals surface area contributed by atoms with E-state index < -0.39 is 0 Å². The van der Waals surface area contributed by atoms with Crippen LogP contribution in [0.3, 0.4) is 0 Å². The first kappa shape index (κ1) is 12.6. The minimum Gasteiger partial charge on any atom is -0.314 e. The third kappa shape index (κ3) is 3.57. The molecule has 0 aliphatic heterocycles. The van der Waals surface area contributed by atoms with Gasteiger partial charge in [-0.05, 0) is 18.6 Å². The molecule has 2 aromatic rings. The van der Waals surface area contributed by atoms with Crippen molar-refractivity contribution in [3.8, 4) is 0 Å². The van der Waals surface area contributed by atoms with Gasteiger partial charge in [-0.15, -0.1) is 0 Å². The second kappa shape index (κ2) is 6.17.